The molecule has 0 radical (unpaired) electrons. The molecule has 2 aromatic carbocycles. The Morgan fingerprint density at radius 1 is 0.923 bits per heavy atom. The number of thiophene rings is 1. The number of aryl methyl sites for hydroxylation is 3. The van der Waals surface area contributed by atoms with E-state index in [1.807, 2.05) is 100 Å². The third-order valence-electron chi connectivity index (χ3n) is 12.9. The number of aromatic nitrogens is 4. The zero-order valence-electron chi connectivity index (χ0n) is 38.1. The molecule has 3 aliphatic heterocycles. The van der Waals surface area contributed by atoms with Crippen LogP contribution in [0.15, 0.2) is 59.0 Å². The average molecular weight is 920 g/mol. The Morgan fingerprint density at radius 2 is 1.63 bits per heavy atom. The second-order valence-electron chi connectivity index (χ2n) is 18.7. The number of carbonyl (C=O) groups excluding carboxylic acids is 3. The van der Waals surface area contributed by atoms with Crippen LogP contribution in [0.4, 0.5) is 5.69 Å². The molecule has 3 aromatic heterocycles. The summed E-state index contributed by atoms with van der Waals surface area (Å²) in [5.41, 5.74) is 8.68. The van der Waals surface area contributed by atoms with Gasteiger partial charge in [0.1, 0.15) is 29.0 Å². The van der Waals surface area contributed by atoms with Gasteiger partial charge >= 0.3 is 5.97 Å². The number of β-amino-alcohol motifs (C(OH)–C–C–N with tert-alkyl or cyclic N) is 1. The highest BCUT2D eigenvalue weighted by atomic mass is 32.1. The molecule has 5 aromatic rings. The summed E-state index contributed by atoms with van der Waals surface area (Å²) >= 11 is 3.20. The maximum Gasteiger partial charge on any atom is 0.306 e. The number of carboxylic acids is 1. The zero-order valence-corrected chi connectivity index (χ0v) is 39.7. The lowest BCUT2D eigenvalue weighted by atomic mass is 9.85. The Kier molecular flexibility index (Phi) is 12.8. The summed E-state index contributed by atoms with van der Waals surface area (Å²) in [6.07, 6.45) is 0.0294. The third-order valence-corrected chi connectivity index (χ3v) is 15.1. The Balaban J connectivity index is 0.908. The van der Waals surface area contributed by atoms with Gasteiger partial charge in [-0.2, -0.15) is 0 Å². The van der Waals surface area contributed by atoms with Gasteiger partial charge < -0.3 is 30.6 Å². The van der Waals surface area contributed by atoms with Gasteiger partial charge in [-0.1, -0.05) is 57.2 Å². The number of anilines is 1. The first-order valence-electron chi connectivity index (χ1n) is 22.1. The minimum absolute atomic E-state index is 0.000801. The zero-order chi connectivity index (χ0) is 46.5. The second kappa shape index (κ2) is 18.2. The van der Waals surface area contributed by atoms with Crippen molar-refractivity contribution in [2.45, 2.75) is 111 Å². The number of hydrogen-bond acceptors (Lipinski definition) is 12. The van der Waals surface area contributed by atoms with Crippen LogP contribution in [0, 0.1) is 39.0 Å². The quantitative estimate of drug-likeness (QED) is 0.105. The number of thiazole rings is 1. The van der Waals surface area contributed by atoms with Crippen LogP contribution < -0.4 is 15.5 Å². The highest BCUT2D eigenvalue weighted by molar-refractivity contribution is 7.15. The first kappa shape index (κ1) is 45.8. The molecule has 65 heavy (non-hydrogen) atoms. The Labute approximate surface area is 387 Å². The molecule has 342 valence electrons. The predicted octanol–water partition coefficient (Wildman–Crippen LogP) is 6.64. The molecular weight excluding hydrogens is 863 g/mol. The van der Waals surface area contributed by atoms with Crippen LogP contribution in [0.3, 0.4) is 0 Å². The number of hydrogen-bond donors (Lipinski definition) is 4. The summed E-state index contributed by atoms with van der Waals surface area (Å²) in [6, 6.07) is 13.2. The average Bonchev–Trinajstić information content (AvgIpc) is 4.10. The number of benzene rings is 2. The van der Waals surface area contributed by atoms with Crippen LogP contribution in [-0.4, -0.2) is 102 Å². The van der Waals surface area contributed by atoms with E-state index in [-0.39, 0.29) is 49.6 Å². The van der Waals surface area contributed by atoms with Gasteiger partial charge in [0.25, 0.3) is 0 Å². The molecule has 8 rings (SSSR count). The van der Waals surface area contributed by atoms with Gasteiger partial charge in [0.05, 0.1) is 40.4 Å². The van der Waals surface area contributed by atoms with Crippen molar-refractivity contribution in [1.82, 2.24) is 35.3 Å². The van der Waals surface area contributed by atoms with E-state index < -0.39 is 41.5 Å². The number of rotatable bonds is 12. The van der Waals surface area contributed by atoms with E-state index in [0.29, 0.717) is 18.2 Å². The number of aliphatic hydroxyl groups is 1. The van der Waals surface area contributed by atoms with Crippen LogP contribution >= 0.6 is 22.7 Å². The molecule has 2 saturated heterocycles. The number of aliphatic hydroxyl groups excluding tert-OH is 1. The lowest BCUT2D eigenvalue weighted by Gasteiger charge is -2.35. The van der Waals surface area contributed by atoms with Crippen LogP contribution in [0.25, 0.3) is 15.4 Å². The predicted molar refractivity (Wildman–Crippen MR) is 252 cm³/mol. The lowest BCUT2D eigenvalue weighted by molar-refractivity contribution is -0.144. The van der Waals surface area contributed by atoms with Crippen molar-refractivity contribution in [3.05, 3.63) is 98.5 Å². The topological polar surface area (TPSA) is 195 Å². The van der Waals surface area contributed by atoms with E-state index in [2.05, 4.69) is 44.6 Å². The van der Waals surface area contributed by atoms with E-state index in [9.17, 15) is 29.4 Å². The van der Waals surface area contributed by atoms with E-state index in [1.54, 1.807) is 22.7 Å². The highest BCUT2D eigenvalue weighted by Gasteiger charge is 2.45. The number of carboxylic acid groups (broad SMARTS) is 1. The van der Waals surface area contributed by atoms with Crippen molar-refractivity contribution in [2.24, 2.45) is 16.3 Å². The van der Waals surface area contributed by atoms with Crippen LogP contribution in [0.1, 0.15) is 110 Å². The molecule has 6 atom stereocenters. The van der Waals surface area contributed by atoms with Crippen molar-refractivity contribution in [3.8, 4) is 15.4 Å². The highest BCUT2D eigenvalue weighted by Crippen LogP contribution is 2.40. The normalized spacial score (nSPS) is 20.4. The maximum atomic E-state index is 14.3. The van der Waals surface area contributed by atoms with E-state index in [4.69, 9.17) is 4.99 Å². The molecule has 15 nitrogen and oxygen atoms in total. The summed E-state index contributed by atoms with van der Waals surface area (Å²) in [5, 5.41) is 36.3. The molecule has 3 amide bonds. The molecule has 0 aliphatic carbocycles. The molecule has 0 saturated carbocycles. The van der Waals surface area contributed by atoms with Gasteiger partial charge in [-0.05, 0) is 81.2 Å². The number of nitrogens with one attached hydrogen (secondary N) is 2. The monoisotopic (exact) mass is 919 g/mol. The molecule has 3 aliphatic rings. The summed E-state index contributed by atoms with van der Waals surface area (Å²) < 4.78 is 1.94. The van der Waals surface area contributed by atoms with Gasteiger partial charge in [-0.3, -0.25) is 28.7 Å². The van der Waals surface area contributed by atoms with E-state index >= 15 is 0 Å². The lowest BCUT2D eigenvalue weighted by Crippen LogP contribution is -2.58. The van der Waals surface area contributed by atoms with Gasteiger partial charge in [0.15, 0.2) is 5.82 Å². The molecule has 0 bridgehead atoms. The first-order chi connectivity index (χ1) is 30.9. The third kappa shape index (κ3) is 9.36. The summed E-state index contributed by atoms with van der Waals surface area (Å²) in [7, 11) is 0. The van der Waals surface area contributed by atoms with Crippen molar-refractivity contribution >= 4 is 57.8 Å². The number of nitrogens with zero attached hydrogens (tertiary/aromatic N) is 7. The molecular formula is C48H57N9O6S2. The molecule has 0 spiro atoms. The van der Waals surface area contributed by atoms with Gasteiger partial charge in [-0.25, -0.2) is 4.98 Å². The first-order valence-corrected chi connectivity index (χ1v) is 23.8. The minimum Gasteiger partial charge on any atom is -0.481 e. The molecule has 4 N–H and O–H groups in total. The molecule has 1 unspecified atom stereocenters. The fourth-order valence-electron chi connectivity index (χ4n) is 9.25. The number of carbonyl (C=O) groups is 4. The fourth-order valence-corrected chi connectivity index (χ4v) is 11.3. The van der Waals surface area contributed by atoms with Crippen LogP contribution in [0.5, 0.6) is 0 Å². The standard InChI is InChI=1S/C48H57N9O6S2/c1-25-28(4)65-47-40(25)41(51-36(21-39(60)61)44-54-53-29(5)57(44)47)32-13-15-34(16-14-32)55-18-17-30(22-55)19-38(59)52-43(48(6,7)8)46(63)56-23-35(58)20-37(56)45(62)50-26(2)31-9-11-33(12-10-31)42-27(3)49-24-64-42/h9-16,24,26,30,35-37,43,58H,17-23H2,1-8H3,(H,50,62)(H,52,59)(H,60,61)/t26-,30?,35+,36-,37-,43+/m0/s1. The molecule has 2 fully saturated rings. The summed E-state index contributed by atoms with van der Waals surface area (Å²) in [6.45, 7) is 16.9. The van der Waals surface area contributed by atoms with Gasteiger partial charge in [0.2, 0.25) is 17.7 Å². The smallest absolute Gasteiger partial charge is 0.306 e. The van der Waals surface area contributed by atoms with Crippen LogP contribution in [0.2, 0.25) is 0 Å². The van der Waals surface area contributed by atoms with Crippen molar-refractivity contribution in [1.29, 1.82) is 0 Å². The number of amides is 3. The fraction of sp³-hybridized carbons (Fsp3) is 0.458. The maximum absolute atomic E-state index is 14.3. The Bertz CT molecular complexity index is 2640. The summed E-state index contributed by atoms with van der Waals surface area (Å²) in [5.74, 6) is -0.724. The van der Waals surface area contributed by atoms with Crippen LogP contribution in [-0.2, 0) is 19.2 Å². The van der Waals surface area contributed by atoms with Gasteiger partial charge in [-0.15, -0.1) is 32.9 Å². The van der Waals surface area contributed by atoms with Crippen molar-refractivity contribution < 1.29 is 29.4 Å². The SMILES string of the molecule is Cc1ncsc1-c1ccc([C@H](C)NC(=O)[C@@H]2C[C@@H](O)CN2C(=O)[C@@H](NC(=O)CC2CCN(c3ccc(C4=N[C@@H](CC(=O)O)c5nnc(C)n5-c5sc(C)c(C)c54)cc3)C2)C(C)(C)C)cc1. The Morgan fingerprint density at radius 3 is 2.29 bits per heavy atom. The number of aliphatic imine (C=N–C) groups is 1. The number of fused-ring (bicyclic) bond motifs is 3. The molecule has 17 heteroatoms. The Hall–Kier alpha value is -5.78. The van der Waals surface area contributed by atoms with E-state index in [0.717, 1.165) is 72.6 Å². The van der Waals surface area contributed by atoms with Crippen molar-refractivity contribution in [3.63, 3.8) is 0 Å². The minimum atomic E-state index is -0.969. The van der Waals surface area contributed by atoms with Gasteiger partial charge in [0, 0.05) is 54.2 Å². The molecule has 6 heterocycles. The second-order valence-corrected chi connectivity index (χ2v) is 20.8. The van der Waals surface area contributed by atoms with Crippen molar-refractivity contribution in [2.75, 3.05) is 24.5 Å². The van der Waals surface area contributed by atoms with E-state index in [1.165, 1.54) is 4.90 Å². The number of aliphatic carboxylic acids is 1. The number of likely N-dealkylation sites (tertiary alicyclic amines) is 1. The largest absolute Gasteiger partial charge is 0.481 e. The summed E-state index contributed by atoms with van der Waals surface area (Å²) in [4.78, 5) is 69.2.